The van der Waals surface area contributed by atoms with Crippen molar-refractivity contribution in [1.82, 2.24) is 9.97 Å². The summed E-state index contributed by atoms with van der Waals surface area (Å²) in [6.45, 7) is 6.66. The second kappa shape index (κ2) is 5.15. The van der Waals surface area contributed by atoms with Gasteiger partial charge in [-0.05, 0) is 16.5 Å². The predicted octanol–water partition coefficient (Wildman–Crippen LogP) is 4.16. The Kier molecular flexibility index (Phi) is 3.76. The molecule has 0 fully saturated rings. The lowest BCUT2D eigenvalue weighted by atomic mass is 9.86. The summed E-state index contributed by atoms with van der Waals surface area (Å²) in [7, 11) is 0. The molecule has 96 valence electrons. The van der Waals surface area contributed by atoms with Gasteiger partial charge in [-0.2, -0.15) is 0 Å². The number of nitrogens with one attached hydrogen (secondary N) is 1. The Morgan fingerprint density at radius 3 is 2.39 bits per heavy atom. The van der Waals surface area contributed by atoms with Crippen LogP contribution in [-0.2, 0) is 11.8 Å². The molecule has 0 spiro atoms. The number of benzene rings is 1. The molecular formula is C15H19ClN2. The summed E-state index contributed by atoms with van der Waals surface area (Å²) in [5.74, 6) is 1.54. The zero-order chi connectivity index (χ0) is 13.2. The number of aromatic amines is 1. The maximum absolute atomic E-state index is 5.70. The second-order valence-corrected chi connectivity index (χ2v) is 5.89. The zero-order valence-corrected chi connectivity index (χ0v) is 11.9. The van der Waals surface area contributed by atoms with Crippen LogP contribution in [0.4, 0.5) is 0 Å². The molecular weight excluding hydrogens is 244 g/mol. The zero-order valence-electron chi connectivity index (χ0n) is 11.1. The van der Waals surface area contributed by atoms with E-state index in [4.69, 9.17) is 11.6 Å². The molecule has 0 aliphatic heterocycles. The maximum Gasteiger partial charge on any atom is 0.107 e. The van der Waals surface area contributed by atoms with Gasteiger partial charge >= 0.3 is 0 Å². The number of aromatic nitrogens is 2. The summed E-state index contributed by atoms with van der Waals surface area (Å²) in [6, 6.07) is 8.63. The number of aryl methyl sites for hydroxylation is 1. The maximum atomic E-state index is 5.70. The van der Waals surface area contributed by atoms with Crippen LogP contribution in [0.25, 0.3) is 11.3 Å². The topological polar surface area (TPSA) is 28.7 Å². The molecule has 0 atom stereocenters. The van der Waals surface area contributed by atoms with Crippen molar-refractivity contribution < 1.29 is 0 Å². The molecule has 2 aromatic rings. The smallest absolute Gasteiger partial charge is 0.107 e. The Hall–Kier alpha value is -1.28. The fourth-order valence-electron chi connectivity index (χ4n) is 1.88. The highest BCUT2D eigenvalue weighted by atomic mass is 35.5. The van der Waals surface area contributed by atoms with Gasteiger partial charge in [0, 0.05) is 12.3 Å². The van der Waals surface area contributed by atoms with Crippen molar-refractivity contribution in [3.05, 3.63) is 41.9 Å². The molecule has 0 unspecified atom stereocenters. The van der Waals surface area contributed by atoms with Crippen molar-refractivity contribution in [2.75, 3.05) is 5.88 Å². The summed E-state index contributed by atoms with van der Waals surface area (Å²) >= 11 is 5.70. The minimum Gasteiger partial charge on any atom is -0.342 e. The molecule has 0 radical (unpaired) electrons. The Labute approximate surface area is 113 Å². The molecule has 0 aliphatic carbocycles. The average Bonchev–Trinajstić information content (AvgIpc) is 2.77. The van der Waals surface area contributed by atoms with Gasteiger partial charge in [-0.15, -0.1) is 11.6 Å². The van der Waals surface area contributed by atoms with E-state index >= 15 is 0 Å². The van der Waals surface area contributed by atoms with Crippen LogP contribution in [0.2, 0.25) is 0 Å². The highest BCUT2D eigenvalue weighted by molar-refractivity contribution is 6.17. The summed E-state index contributed by atoms with van der Waals surface area (Å²) in [4.78, 5) is 7.61. The summed E-state index contributed by atoms with van der Waals surface area (Å²) in [6.07, 6.45) is 2.65. The van der Waals surface area contributed by atoms with Gasteiger partial charge in [-0.1, -0.05) is 45.0 Å². The highest BCUT2D eigenvalue weighted by Gasteiger charge is 2.13. The van der Waals surface area contributed by atoms with Gasteiger partial charge < -0.3 is 4.98 Å². The Balaban J connectivity index is 2.23. The number of H-pyrrole nitrogens is 1. The van der Waals surface area contributed by atoms with Crippen molar-refractivity contribution in [2.24, 2.45) is 0 Å². The number of rotatable bonds is 3. The largest absolute Gasteiger partial charge is 0.342 e. The molecule has 0 aliphatic rings. The molecule has 0 amide bonds. The van der Waals surface area contributed by atoms with Crippen molar-refractivity contribution in [2.45, 2.75) is 32.6 Å². The van der Waals surface area contributed by atoms with Crippen molar-refractivity contribution >= 4 is 11.6 Å². The van der Waals surface area contributed by atoms with E-state index in [1.165, 1.54) is 5.56 Å². The molecule has 0 saturated carbocycles. The van der Waals surface area contributed by atoms with Crippen LogP contribution in [0.5, 0.6) is 0 Å². The Bertz CT molecular complexity index is 506. The molecule has 1 aromatic heterocycles. The van der Waals surface area contributed by atoms with Gasteiger partial charge in [0.15, 0.2) is 0 Å². The van der Waals surface area contributed by atoms with Gasteiger partial charge in [0.25, 0.3) is 0 Å². The molecule has 1 N–H and O–H groups in total. The number of nitrogens with zero attached hydrogens (tertiary/aromatic N) is 1. The monoisotopic (exact) mass is 262 g/mol. The summed E-state index contributed by atoms with van der Waals surface area (Å²) in [5, 5.41) is 0. The number of hydrogen-bond acceptors (Lipinski definition) is 1. The van der Waals surface area contributed by atoms with Crippen molar-refractivity contribution in [3.8, 4) is 11.3 Å². The van der Waals surface area contributed by atoms with Crippen LogP contribution < -0.4 is 0 Å². The second-order valence-electron chi connectivity index (χ2n) is 5.51. The molecule has 2 rings (SSSR count). The molecule has 3 heteroatoms. The van der Waals surface area contributed by atoms with Crippen molar-refractivity contribution in [3.63, 3.8) is 0 Å². The average molecular weight is 263 g/mol. The summed E-state index contributed by atoms with van der Waals surface area (Å²) < 4.78 is 0. The minimum atomic E-state index is 0.191. The van der Waals surface area contributed by atoms with Crippen LogP contribution in [0.1, 0.15) is 32.2 Å². The fourth-order valence-corrected chi connectivity index (χ4v) is 2.05. The van der Waals surface area contributed by atoms with Crippen LogP contribution >= 0.6 is 11.6 Å². The van der Waals surface area contributed by atoms with Crippen molar-refractivity contribution in [1.29, 1.82) is 0 Å². The Morgan fingerprint density at radius 1 is 1.17 bits per heavy atom. The fraction of sp³-hybridized carbons (Fsp3) is 0.400. The minimum absolute atomic E-state index is 0.191. The molecule has 18 heavy (non-hydrogen) atoms. The first kappa shape index (κ1) is 13.2. The number of halogens is 1. The van der Waals surface area contributed by atoms with Gasteiger partial charge in [0.1, 0.15) is 5.82 Å². The van der Waals surface area contributed by atoms with E-state index < -0.39 is 0 Å². The molecule has 0 saturated heterocycles. The van der Waals surface area contributed by atoms with E-state index in [0.717, 1.165) is 23.5 Å². The third-order valence-electron chi connectivity index (χ3n) is 3.02. The lowest BCUT2D eigenvalue weighted by Crippen LogP contribution is -2.10. The van der Waals surface area contributed by atoms with E-state index in [2.05, 4.69) is 55.0 Å². The van der Waals surface area contributed by atoms with E-state index in [1.807, 2.05) is 6.20 Å². The van der Waals surface area contributed by atoms with Crippen LogP contribution in [0, 0.1) is 0 Å². The number of imidazole rings is 1. The third-order valence-corrected chi connectivity index (χ3v) is 3.21. The van der Waals surface area contributed by atoms with E-state index in [9.17, 15) is 0 Å². The molecule has 1 heterocycles. The predicted molar refractivity (Wildman–Crippen MR) is 77.1 cm³/mol. The summed E-state index contributed by atoms with van der Waals surface area (Å²) in [5.41, 5.74) is 3.75. The lowest BCUT2D eigenvalue weighted by molar-refractivity contribution is 0.590. The van der Waals surface area contributed by atoms with Crippen LogP contribution in [0.15, 0.2) is 30.5 Å². The number of hydrogen-bond donors (Lipinski definition) is 1. The lowest BCUT2D eigenvalue weighted by Gasteiger charge is -2.18. The van der Waals surface area contributed by atoms with Gasteiger partial charge in [-0.25, -0.2) is 4.98 Å². The SMILES string of the molecule is CC(C)(C)c1ccc(-c2cnc(CCCl)[nH]2)cc1. The van der Waals surface area contributed by atoms with E-state index in [0.29, 0.717) is 5.88 Å². The van der Waals surface area contributed by atoms with Gasteiger partial charge in [0.2, 0.25) is 0 Å². The highest BCUT2D eigenvalue weighted by Crippen LogP contribution is 2.25. The first-order valence-corrected chi connectivity index (χ1v) is 6.75. The standard InChI is InChI=1S/C15H19ClN2/c1-15(2,3)12-6-4-11(5-7-12)13-10-17-14(18-13)8-9-16/h4-7,10H,8-9H2,1-3H3,(H,17,18). The van der Waals surface area contributed by atoms with Gasteiger partial charge in [-0.3, -0.25) is 0 Å². The molecule has 2 nitrogen and oxygen atoms in total. The quantitative estimate of drug-likeness (QED) is 0.827. The van der Waals surface area contributed by atoms with Crippen LogP contribution in [-0.4, -0.2) is 15.8 Å². The third kappa shape index (κ3) is 2.94. The molecule has 0 bridgehead atoms. The number of alkyl halides is 1. The Morgan fingerprint density at radius 2 is 1.83 bits per heavy atom. The first-order valence-electron chi connectivity index (χ1n) is 6.21. The first-order chi connectivity index (χ1) is 8.50. The molecule has 1 aromatic carbocycles. The van der Waals surface area contributed by atoms with E-state index in [1.54, 1.807) is 0 Å². The van der Waals surface area contributed by atoms with E-state index in [-0.39, 0.29) is 5.41 Å². The van der Waals surface area contributed by atoms with Gasteiger partial charge in [0.05, 0.1) is 11.9 Å². The normalized spacial score (nSPS) is 11.8. The van der Waals surface area contributed by atoms with Crippen LogP contribution in [0.3, 0.4) is 0 Å².